The van der Waals surface area contributed by atoms with Crippen molar-refractivity contribution in [1.29, 1.82) is 0 Å². The van der Waals surface area contributed by atoms with Gasteiger partial charge in [0.25, 0.3) is 0 Å². The number of rotatable bonds is 2. The maximum Gasteiger partial charge on any atom is 0.132 e. The summed E-state index contributed by atoms with van der Waals surface area (Å²) in [5, 5.41) is 2.99. The summed E-state index contributed by atoms with van der Waals surface area (Å²) in [5.41, 5.74) is 2.66. The van der Waals surface area contributed by atoms with Gasteiger partial charge < -0.3 is 5.32 Å². The fraction of sp³-hybridized carbons (Fsp3) is 0.167. The molecule has 16 heavy (non-hydrogen) atoms. The van der Waals surface area contributed by atoms with Gasteiger partial charge in [0.1, 0.15) is 18.0 Å². The highest BCUT2D eigenvalue weighted by Gasteiger charge is 2.07. The molecule has 0 bridgehead atoms. The van der Waals surface area contributed by atoms with Crippen molar-refractivity contribution >= 4 is 5.82 Å². The summed E-state index contributed by atoms with van der Waals surface area (Å²) >= 11 is 0. The van der Waals surface area contributed by atoms with Crippen LogP contribution in [-0.2, 0) is 0 Å². The first-order valence-corrected chi connectivity index (χ1v) is 4.97. The first kappa shape index (κ1) is 10.5. The molecule has 2 aromatic rings. The van der Waals surface area contributed by atoms with Crippen LogP contribution in [0, 0.1) is 12.7 Å². The maximum absolute atomic E-state index is 12.8. The van der Waals surface area contributed by atoms with Gasteiger partial charge in [-0.25, -0.2) is 14.4 Å². The molecule has 1 N–H and O–H groups in total. The van der Waals surface area contributed by atoms with Crippen molar-refractivity contribution < 1.29 is 4.39 Å². The molecule has 0 aliphatic heterocycles. The Hall–Kier alpha value is -1.97. The van der Waals surface area contributed by atoms with E-state index in [1.165, 1.54) is 18.5 Å². The van der Waals surface area contributed by atoms with Crippen molar-refractivity contribution in [2.75, 3.05) is 12.4 Å². The molecule has 0 saturated carbocycles. The third kappa shape index (κ3) is 1.86. The summed E-state index contributed by atoms with van der Waals surface area (Å²) in [4.78, 5) is 8.32. The Morgan fingerprint density at radius 1 is 1.12 bits per heavy atom. The van der Waals surface area contributed by atoms with E-state index in [0.29, 0.717) is 0 Å². The van der Waals surface area contributed by atoms with Gasteiger partial charge in [-0.05, 0) is 31.2 Å². The van der Waals surface area contributed by atoms with Crippen molar-refractivity contribution in [3.05, 3.63) is 42.0 Å². The number of anilines is 1. The second kappa shape index (κ2) is 4.26. The summed E-state index contributed by atoms with van der Waals surface area (Å²) in [5.74, 6) is 0.540. The smallest absolute Gasteiger partial charge is 0.132 e. The number of halogens is 1. The Balaban J connectivity index is 2.51. The summed E-state index contributed by atoms with van der Waals surface area (Å²) in [6.45, 7) is 1.94. The van der Waals surface area contributed by atoms with E-state index in [0.717, 1.165) is 22.6 Å². The van der Waals surface area contributed by atoms with Gasteiger partial charge in [0.05, 0.1) is 5.69 Å². The first-order chi connectivity index (χ1) is 7.72. The molecule has 1 aromatic carbocycles. The molecule has 0 fully saturated rings. The average Bonchev–Trinajstić information content (AvgIpc) is 2.31. The molecule has 0 aliphatic rings. The van der Waals surface area contributed by atoms with Crippen molar-refractivity contribution in [1.82, 2.24) is 9.97 Å². The van der Waals surface area contributed by atoms with Gasteiger partial charge in [-0.3, -0.25) is 0 Å². The van der Waals surface area contributed by atoms with Crippen molar-refractivity contribution in [3.8, 4) is 11.3 Å². The molecule has 0 atom stereocenters. The van der Waals surface area contributed by atoms with E-state index < -0.39 is 0 Å². The molecule has 0 aliphatic carbocycles. The first-order valence-electron chi connectivity index (χ1n) is 4.97. The number of benzene rings is 1. The number of nitrogens with one attached hydrogen (secondary N) is 1. The number of nitrogens with zero attached hydrogens (tertiary/aromatic N) is 2. The van der Waals surface area contributed by atoms with Crippen molar-refractivity contribution in [2.45, 2.75) is 6.92 Å². The lowest BCUT2D eigenvalue weighted by atomic mass is 10.1. The SMILES string of the molecule is CNc1ncnc(-c2ccc(F)cc2)c1C. The molecule has 0 spiro atoms. The van der Waals surface area contributed by atoms with E-state index in [1.807, 2.05) is 14.0 Å². The molecule has 3 nitrogen and oxygen atoms in total. The molecular weight excluding hydrogens is 205 g/mol. The fourth-order valence-electron chi connectivity index (χ4n) is 1.60. The summed E-state index contributed by atoms with van der Waals surface area (Å²) in [6.07, 6.45) is 1.50. The monoisotopic (exact) mass is 217 g/mol. The van der Waals surface area contributed by atoms with Crippen LogP contribution in [0.5, 0.6) is 0 Å². The molecule has 1 heterocycles. The zero-order chi connectivity index (χ0) is 11.5. The van der Waals surface area contributed by atoms with Crippen LogP contribution >= 0.6 is 0 Å². The predicted octanol–water partition coefficient (Wildman–Crippen LogP) is 2.63. The van der Waals surface area contributed by atoms with E-state index in [1.54, 1.807) is 12.1 Å². The number of hydrogen-bond donors (Lipinski definition) is 1. The Bertz CT molecular complexity index is 494. The Labute approximate surface area is 93.4 Å². The quantitative estimate of drug-likeness (QED) is 0.840. The molecule has 0 amide bonds. The topological polar surface area (TPSA) is 37.8 Å². The predicted molar refractivity (Wildman–Crippen MR) is 61.7 cm³/mol. The minimum absolute atomic E-state index is 0.246. The van der Waals surface area contributed by atoms with Gasteiger partial charge in [-0.15, -0.1) is 0 Å². The van der Waals surface area contributed by atoms with Gasteiger partial charge in [-0.2, -0.15) is 0 Å². The van der Waals surface area contributed by atoms with Crippen LogP contribution in [0.1, 0.15) is 5.56 Å². The van der Waals surface area contributed by atoms with Crippen LogP contribution in [0.15, 0.2) is 30.6 Å². The molecule has 2 rings (SSSR count). The summed E-state index contributed by atoms with van der Waals surface area (Å²) in [7, 11) is 1.81. The van der Waals surface area contributed by atoms with Gasteiger partial charge in [0.2, 0.25) is 0 Å². The third-order valence-corrected chi connectivity index (χ3v) is 2.44. The summed E-state index contributed by atoms with van der Waals surface area (Å²) < 4.78 is 12.8. The van der Waals surface area contributed by atoms with E-state index in [2.05, 4.69) is 15.3 Å². The van der Waals surface area contributed by atoms with E-state index in [9.17, 15) is 4.39 Å². The normalized spacial score (nSPS) is 10.2. The molecule has 4 heteroatoms. The van der Waals surface area contributed by atoms with Crippen LogP contribution in [0.25, 0.3) is 11.3 Å². The van der Waals surface area contributed by atoms with E-state index >= 15 is 0 Å². The highest BCUT2D eigenvalue weighted by molar-refractivity contribution is 5.67. The molecular formula is C12H12FN3. The van der Waals surface area contributed by atoms with Crippen LogP contribution in [0.2, 0.25) is 0 Å². The number of aromatic nitrogens is 2. The lowest BCUT2D eigenvalue weighted by molar-refractivity contribution is 0.628. The van der Waals surface area contributed by atoms with Crippen LogP contribution in [0.3, 0.4) is 0 Å². The van der Waals surface area contributed by atoms with Crippen molar-refractivity contribution in [3.63, 3.8) is 0 Å². The van der Waals surface area contributed by atoms with Crippen LogP contribution < -0.4 is 5.32 Å². The van der Waals surface area contributed by atoms with Crippen molar-refractivity contribution in [2.24, 2.45) is 0 Å². The standard InChI is InChI=1S/C12H12FN3/c1-8-11(15-7-16-12(8)14-2)9-3-5-10(13)6-4-9/h3-7H,1-2H3,(H,14,15,16). The maximum atomic E-state index is 12.8. The zero-order valence-electron chi connectivity index (χ0n) is 9.16. The summed E-state index contributed by atoms with van der Waals surface area (Å²) in [6, 6.07) is 6.28. The highest BCUT2D eigenvalue weighted by atomic mass is 19.1. The Kier molecular flexibility index (Phi) is 2.81. The average molecular weight is 217 g/mol. The third-order valence-electron chi connectivity index (χ3n) is 2.44. The molecule has 1 aromatic heterocycles. The Morgan fingerprint density at radius 2 is 1.81 bits per heavy atom. The number of hydrogen-bond acceptors (Lipinski definition) is 3. The minimum atomic E-state index is -0.246. The van der Waals surface area contributed by atoms with E-state index in [-0.39, 0.29) is 5.82 Å². The second-order valence-corrected chi connectivity index (χ2v) is 3.45. The highest BCUT2D eigenvalue weighted by Crippen LogP contribution is 2.24. The fourth-order valence-corrected chi connectivity index (χ4v) is 1.60. The van der Waals surface area contributed by atoms with Crippen LogP contribution in [-0.4, -0.2) is 17.0 Å². The largest absolute Gasteiger partial charge is 0.373 e. The van der Waals surface area contributed by atoms with Gasteiger partial charge >= 0.3 is 0 Å². The van der Waals surface area contributed by atoms with E-state index in [4.69, 9.17) is 0 Å². The molecule has 0 saturated heterocycles. The zero-order valence-corrected chi connectivity index (χ0v) is 9.16. The molecule has 82 valence electrons. The van der Waals surface area contributed by atoms with Gasteiger partial charge in [-0.1, -0.05) is 0 Å². The van der Waals surface area contributed by atoms with Gasteiger partial charge in [0, 0.05) is 18.2 Å². The molecule has 0 unspecified atom stereocenters. The molecule has 0 radical (unpaired) electrons. The van der Waals surface area contributed by atoms with Gasteiger partial charge in [0.15, 0.2) is 0 Å². The second-order valence-electron chi connectivity index (χ2n) is 3.45. The lowest BCUT2D eigenvalue weighted by Gasteiger charge is -2.08. The minimum Gasteiger partial charge on any atom is -0.373 e. The van der Waals surface area contributed by atoms with Crippen LogP contribution in [0.4, 0.5) is 10.2 Å². The Morgan fingerprint density at radius 3 is 2.44 bits per heavy atom. The lowest BCUT2D eigenvalue weighted by Crippen LogP contribution is -1.99.